The second kappa shape index (κ2) is 5.30. The minimum Gasteiger partial charge on any atom is -0.366 e. The molecular weight excluding hydrogens is 169 g/mol. The first-order chi connectivity index (χ1) is 6.13. The fourth-order valence-electron chi connectivity index (χ4n) is 0.838. The maximum atomic E-state index is 13.0. The molecule has 0 bridgehead atoms. The molecule has 0 saturated heterocycles. The minimum absolute atomic E-state index is 0.0509. The van der Waals surface area contributed by atoms with Crippen molar-refractivity contribution in [2.45, 2.75) is 20.8 Å². The summed E-state index contributed by atoms with van der Waals surface area (Å²) in [7, 11) is 0. The number of hydrogen-bond donors (Lipinski definition) is 1. The van der Waals surface area contributed by atoms with E-state index in [2.05, 4.69) is 0 Å². The highest BCUT2D eigenvalue weighted by Crippen LogP contribution is 2.10. The highest BCUT2D eigenvalue weighted by molar-refractivity contribution is 5.93. The second-order valence-electron chi connectivity index (χ2n) is 2.30. The SMILES string of the molecule is CC.Cc1cccc(C(N)=O)c1F. The van der Waals surface area contributed by atoms with Crippen molar-refractivity contribution in [3.8, 4) is 0 Å². The van der Waals surface area contributed by atoms with Crippen molar-refractivity contribution < 1.29 is 9.18 Å². The minimum atomic E-state index is -0.730. The van der Waals surface area contributed by atoms with Crippen molar-refractivity contribution in [2.24, 2.45) is 5.73 Å². The van der Waals surface area contributed by atoms with E-state index < -0.39 is 11.7 Å². The molecule has 2 nitrogen and oxygen atoms in total. The molecule has 0 aliphatic carbocycles. The van der Waals surface area contributed by atoms with Crippen LogP contribution < -0.4 is 5.73 Å². The van der Waals surface area contributed by atoms with E-state index in [-0.39, 0.29) is 5.56 Å². The van der Waals surface area contributed by atoms with Gasteiger partial charge in [-0.25, -0.2) is 4.39 Å². The van der Waals surface area contributed by atoms with E-state index in [9.17, 15) is 9.18 Å². The Morgan fingerprint density at radius 3 is 2.31 bits per heavy atom. The molecule has 3 heteroatoms. The summed E-state index contributed by atoms with van der Waals surface area (Å²) < 4.78 is 13.0. The van der Waals surface area contributed by atoms with E-state index in [1.165, 1.54) is 6.07 Å². The molecule has 0 heterocycles. The summed E-state index contributed by atoms with van der Waals surface area (Å²) >= 11 is 0. The predicted octanol–water partition coefficient (Wildman–Crippen LogP) is 2.26. The van der Waals surface area contributed by atoms with Gasteiger partial charge in [0.1, 0.15) is 5.82 Å². The number of amides is 1. The van der Waals surface area contributed by atoms with Crippen LogP contribution in [-0.2, 0) is 0 Å². The Morgan fingerprint density at radius 1 is 1.38 bits per heavy atom. The smallest absolute Gasteiger partial charge is 0.251 e. The van der Waals surface area contributed by atoms with Gasteiger partial charge in [0.15, 0.2) is 0 Å². The highest BCUT2D eigenvalue weighted by atomic mass is 19.1. The van der Waals surface area contributed by atoms with Crippen molar-refractivity contribution in [3.05, 3.63) is 35.1 Å². The molecule has 2 N–H and O–H groups in total. The van der Waals surface area contributed by atoms with Gasteiger partial charge < -0.3 is 5.73 Å². The monoisotopic (exact) mass is 183 g/mol. The third-order valence-electron chi connectivity index (χ3n) is 1.46. The van der Waals surface area contributed by atoms with Gasteiger partial charge in [0, 0.05) is 0 Å². The Labute approximate surface area is 77.6 Å². The largest absolute Gasteiger partial charge is 0.366 e. The summed E-state index contributed by atoms with van der Waals surface area (Å²) in [5.74, 6) is -1.26. The van der Waals surface area contributed by atoms with E-state index >= 15 is 0 Å². The lowest BCUT2D eigenvalue weighted by atomic mass is 10.1. The van der Waals surface area contributed by atoms with Crippen LogP contribution in [0, 0.1) is 12.7 Å². The molecule has 0 radical (unpaired) electrons. The van der Waals surface area contributed by atoms with E-state index in [4.69, 9.17) is 5.73 Å². The van der Waals surface area contributed by atoms with Crippen LogP contribution in [0.3, 0.4) is 0 Å². The summed E-state index contributed by atoms with van der Waals surface area (Å²) in [4.78, 5) is 10.6. The van der Waals surface area contributed by atoms with Gasteiger partial charge in [-0.05, 0) is 18.6 Å². The first kappa shape index (κ1) is 11.6. The molecule has 13 heavy (non-hydrogen) atoms. The summed E-state index contributed by atoms with van der Waals surface area (Å²) in [6, 6.07) is 4.55. The van der Waals surface area contributed by atoms with Crippen LogP contribution in [0.2, 0.25) is 0 Å². The van der Waals surface area contributed by atoms with Crippen LogP contribution in [0.5, 0.6) is 0 Å². The van der Waals surface area contributed by atoms with Gasteiger partial charge in [-0.2, -0.15) is 0 Å². The first-order valence-corrected chi connectivity index (χ1v) is 4.18. The molecule has 0 atom stereocenters. The molecule has 0 spiro atoms. The van der Waals surface area contributed by atoms with Crippen molar-refractivity contribution >= 4 is 5.91 Å². The molecule has 0 aliphatic rings. The number of hydrogen-bond acceptors (Lipinski definition) is 1. The third-order valence-corrected chi connectivity index (χ3v) is 1.46. The first-order valence-electron chi connectivity index (χ1n) is 4.18. The molecule has 0 fully saturated rings. The fraction of sp³-hybridized carbons (Fsp3) is 0.300. The van der Waals surface area contributed by atoms with Crippen molar-refractivity contribution in [1.82, 2.24) is 0 Å². The molecule has 1 rings (SSSR count). The number of carbonyl (C=O) groups excluding carboxylic acids is 1. The van der Waals surface area contributed by atoms with Crippen LogP contribution in [-0.4, -0.2) is 5.91 Å². The van der Waals surface area contributed by atoms with E-state index in [0.717, 1.165) is 0 Å². The van der Waals surface area contributed by atoms with E-state index in [1.54, 1.807) is 19.1 Å². The van der Waals surface area contributed by atoms with Crippen molar-refractivity contribution in [3.63, 3.8) is 0 Å². The van der Waals surface area contributed by atoms with Crippen LogP contribution in [0.25, 0.3) is 0 Å². The predicted molar refractivity (Wildman–Crippen MR) is 51.0 cm³/mol. The van der Waals surface area contributed by atoms with Crippen molar-refractivity contribution in [1.29, 1.82) is 0 Å². The molecule has 0 aliphatic heterocycles. The van der Waals surface area contributed by atoms with Crippen LogP contribution in [0.4, 0.5) is 4.39 Å². The average molecular weight is 183 g/mol. The number of aryl methyl sites for hydroxylation is 1. The van der Waals surface area contributed by atoms with Crippen LogP contribution in [0.15, 0.2) is 18.2 Å². The van der Waals surface area contributed by atoms with Gasteiger partial charge >= 0.3 is 0 Å². The Bertz CT molecular complexity index is 297. The lowest BCUT2D eigenvalue weighted by molar-refractivity contribution is 0.0996. The summed E-state index contributed by atoms with van der Waals surface area (Å²) in [6.07, 6.45) is 0. The number of nitrogens with two attached hydrogens (primary N) is 1. The molecular formula is C10H14FNO. The van der Waals surface area contributed by atoms with Crippen LogP contribution in [0.1, 0.15) is 29.8 Å². The molecule has 72 valence electrons. The van der Waals surface area contributed by atoms with E-state index in [0.29, 0.717) is 5.56 Å². The fourth-order valence-corrected chi connectivity index (χ4v) is 0.838. The maximum absolute atomic E-state index is 13.0. The average Bonchev–Trinajstić information content (AvgIpc) is 2.13. The lowest BCUT2D eigenvalue weighted by Crippen LogP contribution is -2.13. The maximum Gasteiger partial charge on any atom is 0.251 e. The molecule has 0 saturated carbocycles. The zero-order valence-electron chi connectivity index (χ0n) is 8.10. The standard InChI is InChI=1S/C8H8FNO.C2H6/c1-5-3-2-4-6(7(5)9)8(10)11;1-2/h2-4H,1H3,(H2,10,11);1-2H3. The highest BCUT2D eigenvalue weighted by Gasteiger charge is 2.08. The molecule has 1 aromatic carbocycles. The van der Waals surface area contributed by atoms with Crippen LogP contribution >= 0.6 is 0 Å². The van der Waals surface area contributed by atoms with Gasteiger partial charge in [0.05, 0.1) is 5.56 Å². The number of rotatable bonds is 1. The summed E-state index contributed by atoms with van der Waals surface area (Å²) in [5, 5.41) is 0. The van der Waals surface area contributed by atoms with Gasteiger partial charge in [0.2, 0.25) is 0 Å². The Hall–Kier alpha value is -1.38. The quantitative estimate of drug-likeness (QED) is 0.713. The zero-order chi connectivity index (χ0) is 10.4. The lowest BCUT2D eigenvalue weighted by Gasteiger charge is -1.99. The van der Waals surface area contributed by atoms with Crippen molar-refractivity contribution in [2.75, 3.05) is 0 Å². The van der Waals surface area contributed by atoms with E-state index in [1.807, 2.05) is 13.8 Å². The third kappa shape index (κ3) is 2.86. The number of carbonyl (C=O) groups is 1. The normalized spacial score (nSPS) is 8.62. The van der Waals surface area contributed by atoms with Gasteiger partial charge in [-0.3, -0.25) is 4.79 Å². The number of primary amides is 1. The number of halogens is 1. The Morgan fingerprint density at radius 2 is 1.92 bits per heavy atom. The summed E-state index contributed by atoms with van der Waals surface area (Å²) in [5.41, 5.74) is 5.29. The Balaban J connectivity index is 0.000000671. The molecule has 1 amide bonds. The van der Waals surface area contributed by atoms with Gasteiger partial charge in [-0.1, -0.05) is 26.0 Å². The summed E-state index contributed by atoms with van der Waals surface area (Å²) in [6.45, 7) is 5.59. The second-order valence-corrected chi connectivity index (χ2v) is 2.30. The molecule has 1 aromatic rings. The topological polar surface area (TPSA) is 43.1 Å². The Kier molecular flexibility index (Phi) is 4.74. The number of benzene rings is 1. The van der Waals surface area contributed by atoms with Gasteiger partial charge in [0.25, 0.3) is 5.91 Å². The molecule has 0 unspecified atom stereocenters. The molecule has 0 aromatic heterocycles. The zero-order valence-corrected chi connectivity index (χ0v) is 8.10. The van der Waals surface area contributed by atoms with Gasteiger partial charge in [-0.15, -0.1) is 0 Å².